The van der Waals surface area contributed by atoms with Crippen LogP contribution in [0.5, 0.6) is 0 Å². The number of methoxy groups -OCH3 is 1. The summed E-state index contributed by atoms with van der Waals surface area (Å²) in [6.07, 6.45) is 1.41. The molecular formula is C10H17ClN4O. The van der Waals surface area contributed by atoms with Crippen molar-refractivity contribution in [2.24, 2.45) is 0 Å². The standard InChI is InChI=1S/C10H17ClN4O/c1-7(2)15(4-5-16-3)10-8(12)9(11)13-6-14-10/h6-7H,4-5,12H2,1-3H3. The van der Waals surface area contributed by atoms with Crippen molar-refractivity contribution >= 4 is 23.1 Å². The van der Waals surface area contributed by atoms with Crippen molar-refractivity contribution in [2.45, 2.75) is 19.9 Å². The molecule has 0 aliphatic heterocycles. The van der Waals surface area contributed by atoms with E-state index in [1.807, 2.05) is 4.90 Å². The van der Waals surface area contributed by atoms with Crippen molar-refractivity contribution < 1.29 is 4.74 Å². The van der Waals surface area contributed by atoms with E-state index in [4.69, 9.17) is 22.1 Å². The minimum absolute atomic E-state index is 0.267. The van der Waals surface area contributed by atoms with E-state index < -0.39 is 0 Å². The summed E-state index contributed by atoms with van der Waals surface area (Å²) >= 11 is 5.86. The largest absolute Gasteiger partial charge is 0.393 e. The summed E-state index contributed by atoms with van der Waals surface area (Å²) in [4.78, 5) is 10.0. The first-order valence-corrected chi connectivity index (χ1v) is 5.47. The van der Waals surface area contributed by atoms with Gasteiger partial charge in [-0.15, -0.1) is 0 Å². The number of hydrogen-bond acceptors (Lipinski definition) is 5. The normalized spacial score (nSPS) is 10.8. The van der Waals surface area contributed by atoms with Crippen LogP contribution >= 0.6 is 11.6 Å². The quantitative estimate of drug-likeness (QED) is 0.797. The summed E-state index contributed by atoms with van der Waals surface area (Å²) in [5.41, 5.74) is 6.26. The first-order valence-electron chi connectivity index (χ1n) is 5.09. The van der Waals surface area contributed by atoms with Gasteiger partial charge in [-0.3, -0.25) is 0 Å². The number of anilines is 2. The maximum atomic E-state index is 5.86. The van der Waals surface area contributed by atoms with Crippen LogP contribution in [0.1, 0.15) is 13.8 Å². The van der Waals surface area contributed by atoms with Crippen molar-refractivity contribution in [1.82, 2.24) is 9.97 Å². The molecule has 90 valence electrons. The van der Waals surface area contributed by atoms with E-state index in [1.54, 1.807) is 7.11 Å². The smallest absolute Gasteiger partial charge is 0.157 e. The molecule has 0 radical (unpaired) electrons. The molecular weight excluding hydrogens is 228 g/mol. The Labute approximate surface area is 101 Å². The highest BCUT2D eigenvalue weighted by atomic mass is 35.5. The molecule has 1 aromatic heterocycles. The number of halogens is 1. The SMILES string of the molecule is COCCN(c1ncnc(Cl)c1N)C(C)C. The highest BCUT2D eigenvalue weighted by molar-refractivity contribution is 6.32. The van der Waals surface area contributed by atoms with Gasteiger partial charge in [-0.25, -0.2) is 9.97 Å². The van der Waals surface area contributed by atoms with Crippen molar-refractivity contribution in [3.05, 3.63) is 11.5 Å². The molecule has 6 heteroatoms. The average molecular weight is 245 g/mol. The zero-order valence-electron chi connectivity index (χ0n) is 9.77. The van der Waals surface area contributed by atoms with Crippen LogP contribution in [0.2, 0.25) is 5.15 Å². The van der Waals surface area contributed by atoms with Crippen LogP contribution < -0.4 is 10.6 Å². The fraction of sp³-hybridized carbons (Fsp3) is 0.600. The Morgan fingerprint density at radius 1 is 1.50 bits per heavy atom. The Morgan fingerprint density at radius 2 is 2.19 bits per heavy atom. The van der Waals surface area contributed by atoms with Crippen molar-refractivity contribution in [2.75, 3.05) is 30.9 Å². The lowest BCUT2D eigenvalue weighted by molar-refractivity contribution is 0.203. The van der Waals surface area contributed by atoms with E-state index in [2.05, 4.69) is 23.8 Å². The Balaban J connectivity index is 2.96. The molecule has 0 amide bonds. The minimum Gasteiger partial charge on any atom is -0.393 e. The van der Waals surface area contributed by atoms with Gasteiger partial charge in [0.15, 0.2) is 11.0 Å². The van der Waals surface area contributed by atoms with Gasteiger partial charge in [0.1, 0.15) is 12.0 Å². The van der Waals surface area contributed by atoms with Crippen LogP contribution in [0.4, 0.5) is 11.5 Å². The fourth-order valence-corrected chi connectivity index (χ4v) is 1.52. The Kier molecular flexibility index (Phi) is 4.76. The summed E-state index contributed by atoms with van der Waals surface area (Å²) < 4.78 is 5.06. The second-order valence-corrected chi connectivity index (χ2v) is 4.04. The molecule has 0 saturated carbocycles. The van der Waals surface area contributed by atoms with Gasteiger partial charge < -0.3 is 15.4 Å². The lowest BCUT2D eigenvalue weighted by atomic mass is 10.3. The van der Waals surface area contributed by atoms with Gasteiger partial charge in [-0.1, -0.05) is 11.6 Å². The Morgan fingerprint density at radius 3 is 2.75 bits per heavy atom. The molecule has 2 N–H and O–H groups in total. The number of aromatic nitrogens is 2. The van der Waals surface area contributed by atoms with Crippen LogP contribution in [-0.2, 0) is 4.74 Å². The van der Waals surface area contributed by atoms with E-state index in [0.717, 1.165) is 0 Å². The monoisotopic (exact) mass is 244 g/mol. The number of rotatable bonds is 5. The molecule has 0 aromatic carbocycles. The summed E-state index contributed by atoms with van der Waals surface area (Å²) in [6.45, 7) is 5.45. The topological polar surface area (TPSA) is 64.3 Å². The molecule has 1 rings (SSSR count). The maximum Gasteiger partial charge on any atom is 0.157 e. The van der Waals surface area contributed by atoms with Gasteiger partial charge in [0.2, 0.25) is 0 Å². The molecule has 5 nitrogen and oxygen atoms in total. The van der Waals surface area contributed by atoms with E-state index in [9.17, 15) is 0 Å². The molecule has 0 spiro atoms. The lowest BCUT2D eigenvalue weighted by Crippen LogP contribution is -2.35. The van der Waals surface area contributed by atoms with Crippen molar-refractivity contribution in [3.8, 4) is 0 Å². The van der Waals surface area contributed by atoms with Crippen molar-refractivity contribution in [3.63, 3.8) is 0 Å². The summed E-state index contributed by atoms with van der Waals surface area (Å²) in [7, 11) is 1.66. The number of nitrogens with two attached hydrogens (primary N) is 1. The third-order valence-corrected chi connectivity index (χ3v) is 2.55. The predicted octanol–water partition coefficient (Wildman–Crippen LogP) is 1.57. The van der Waals surface area contributed by atoms with Gasteiger partial charge in [-0.05, 0) is 13.8 Å². The zero-order chi connectivity index (χ0) is 12.1. The number of ether oxygens (including phenoxy) is 1. The second kappa shape index (κ2) is 5.86. The lowest BCUT2D eigenvalue weighted by Gasteiger charge is -2.28. The van der Waals surface area contributed by atoms with Crippen LogP contribution in [0.15, 0.2) is 6.33 Å². The van der Waals surface area contributed by atoms with Crippen LogP contribution in [0.25, 0.3) is 0 Å². The summed E-state index contributed by atoms with van der Waals surface area (Å²) in [6, 6.07) is 0.267. The number of nitrogen functional groups attached to an aromatic ring is 1. The summed E-state index contributed by atoms with van der Waals surface area (Å²) in [5.74, 6) is 0.659. The first-order chi connectivity index (χ1) is 7.57. The zero-order valence-corrected chi connectivity index (χ0v) is 10.5. The molecule has 0 fully saturated rings. The molecule has 0 aliphatic carbocycles. The first kappa shape index (κ1) is 13.0. The maximum absolute atomic E-state index is 5.86. The van der Waals surface area contributed by atoms with E-state index in [1.165, 1.54) is 6.33 Å². The third kappa shape index (κ3) is 2.96. The van der Waals surface area contributed by atoms with E-state index in [0.29, 0.717) is 24.7 Å². The van der Waals surface area contributed by atoms with Gasteiger partial charge in [-0.2, -0.15) is 0 Å². The van der Waals surface area contributed by atoms with Gasteiger partial charge in [0.05, 0.1) is 6.61 Å². The minimum atomic E-state index is 0.267. The molecule has 0 bridgehead atoms. The van der Waals surface area contributed by atoms with Gasteiger partial charge >= 0.3 is 0 Å². The van der Waals surface area contributed by atoms with Crippen molar-refractivity contribution in [1.29, 1.82) is 0 Å². The molecule has 0 atom stereocenters. The molecule has 0 unspecified atom stereocenters. The Bertz CT molecular complexity index is 346. The molecule has 1 aromatic rings. The fourth-order valence-electron chi connectivity index (χ4n) is 1.39. The second-order valence-electron chi connectivity index (χ2n) is 3.68. The molecule has 0 aliphatic rings. The van der Waals surface area contributed by atoms with Gasteiger partial charge in [0, 0.05) is 19.7 Å². The van der Waals surface area contributed by atoms with Gasteiger partial charge in [0.25, 0.3) is 0 Å². The average Bonchev–Trinajstić information content (AvgIpc) is 2.24. The Hall–Kier alpha value is -1.07. The molecule has 16 heavy (non-hydrogen) atoms. The van der Waals surface area contributed by atoms with Crippen LogP contribution in [0.3, 0.4) is 0 Å². The highest BCUT2D eigenvalue weighted by Gasteiger charge is 2.16. The predicted molar refractivity (Wildman–Crippen MR) is 65.8 cm³/mol. The third-order valence-electron chi connectivity index (χ3n) is 2.25. The molecule has 1 heterocycles. The van der Waals surface area contributed by atoms with Crippen LogP contribution in [0, 0.1) is 0 Å². The highest BCUT2D eigenvalue weighted by Crippen LogP contribution is 2.26. The number of hydrogen-bond donors (Lipinski definition) is 1. The molecule has 0 saturated heterocycles. The van der Waals surface area contributed by atoms with E-state index in [-0.39, 0.29) is 11.2 Å². The number of nitrogens with zero attached hydrogens (tertiary/aromatic N) is 3. The summed E-state index contributed by atoms with van der Waals surface area (Å²) in [5, 5.41) is 0.285. The van der Waals surface area contributed by atoms with E-state index >= 15 is 0 Å². The van der Waals surface area contributed by atoms with Crippen LogP contribution in [-0.4, -0.2) is 36.3 Å².